The van der Waals surface area contributed by atoms with Crippen LogP contribution in [0.4, 0.5) is 5.69 Å². The van der Waals surface area contributed by atoms with E-state index in [2.05, 4.69) is 26.5 Å². The van der Waals surface area contributed by atoms with Gasteiger partial charge in [0.15, 0.2) is 0 Å². The Balaban J connectivity index is 1.70. The zero-order valence-electron chi connectivity index (χ0n) is 15.1. The zero-order chi connectivity index (χ0) is 20.6. The van der Waals surface area contributed by atoms with E-state index < -0.39 is 10.8 Å². The molecule has 0 atom stereocenters. The van der Waals surface area contributed by atoms with Crippen molar-refractivity contribution in [3.05, 3.63) is 104 Å². The monoisotopic (exact) mass is 453 g/mol. The number of nitro groups is 1. The van der Waals surface area contributed by atoms with E-state index in [1.807, 2.05) is 30.3 Å². The fourth-order valence-corrected chi connectivity index (χ4v) is 2.85. The van der Waals surface area contributed by atoms with Gasteiger partial charge in [-0.3, -0.25) is 14.9 Å². The summed E-state index contributed by atoms with van der Waals surface area (Å²) in [6.07, 6.45) is 1.34. The van der Waals surface area contributed by atoms with Crippen molar-refractivity contribution in [3.8, 4) is 5.75 Å². The van der Waals surface area contributed by atoms with E-state index >= 15 is 0 Å². The number of amides is 1. The first-order valence-electron chi connectivity index (χ1n) is 8.57. The molecule has 0 saturated carbocycles. The number of nitro benzene ring substituents is 1. The molecule has 0 unspecified atom stereocenters. The highest BCUT2D eigenvalue weighted by Gasteiger charge is 2.13. The van der Waals surface area contributed by atoms with Crippen LogP contribution >= 0.6 is 15.9 Å². The Hall–Kier alpha value is -3.52. The van der Waals surface area contributed by atoms with E-state index in [0.29, 0.717) is 23.5 Å². The van der Waals surface area contributed by atoms with E-state index in [4.69, 9.17) is 4.74 Å². The van der Waals surface area contributed by atoms with Gasteiger partial charge < -0.3 is 4.74 Å². The number of rotatable bonds is 7. The van der Waals surface area contributed by atoms with Crippen molar-refractivity contribution in [1.29, 1.82) is 0 Å². The Bertz CT molecular complexity index is 1050. The number of carbonyl (C=O) groups excluding carboxylic acids is 1. The maximum Gasteiger partial charge on any atom is 0.275 e. The molecule has 3 aromatic carbocycles. The van der Waals surface area contributed by atoms with Gasteiger partial charge in [0.05, 0.1) is 16.7 Å². The molecule has 29 heavy (non-hydrogen) atoms. The van der Waals surface area contributed by atoms with Crippen LogP contribution in [0.15, 0.2) is 82.4 Å². The Labute approximate surface area is 175 Å². The average molecular weight is 454 g/mol. The molecule has 8 heteroatoms. The van der Waals surface area contributed by atoms with Crippen LogP contribution in [0, 0.1) is 10.1 Å². The van der Waals surface area contributed by atoms with Gasteiger partial charge in [0.1, 0.15) is 12.4 Å². The topological polar surface area (TPSA) is 93.8 Å². The summed E-state index contributed by atoms with van der Waals surface area (Å²) in [6.45, 7) is 0.319. The molecule has 1 amide bonds. The predicted octanol–water partition coefficient (Wildman–Crippen LogP) is 4.70. The summed E-state index contributed by atoms with van der Waals surface area (Å²) in [7, 11) is 0. The first kappa shape index (κ1) is 20.2. The smallest absolute Gasteiger partial charge is 0.275 e. The Morgan fingerprint density at radius 3 is 2.66 bits per heavy atom. The van der Waals surface area contributed by atoms with Gasteiger partial charge in [-0.05, 0) is 23.8 Å². The van der Waals surface area contributed by atoms with Crippen molar-refractivity contribution in [2.75, 3.05) is 0 Å². The highest BCUT2D eigenvalue weighted by molar-refractivity contribution is 9.10. The van der Waals surface area contributed by atoms with Crippen molar-refractivity contribution < 1.29 is 14.5 Å². The van der Waals surface area contributed by atoms with Crippen molar-refractivity contribution in [3.63, 3.8) is 0 Å². The van der Waals surface area contributed by atoms with Crippen molar-refractivity contribution >= 4 is 33.7 Å². The number of halogens is 1. The van der Waals surface area contributed by atoms with Crippen LogP contribution in [-0.2, 0) is 6.61 Å². The molecule has 0 fully saturated rings. The van der Waals surface area contributed by atoms with Crippen LogP contribution in [0.2, 0.25) is 0 Å². The molecule has 0 aliphatic heterocycles. The van der Waals surface area contributed by atoms with Gasteiger partial charge in [0, 0.05) is 22.2 Å². The lowest BCUT2D eigenvalue weighted by molar-refractivity contribution is -0.384. The second-order valence-corrected chi connectivity index (χ2v) is 6.88. The largest absolute Gasteiger partial charge is 0.488 e. The molecule has 0 spiro atoms. The molecule has 0 aromatic heterocycles. The summed E-state index contributed by atoms with van der Waals surface area (Å²) < 4.78 is 6.52. The number of hydrazone groups is 1. The van der Waals surface area contributed by atoms with Crippen LogP contribution in [0.1, 0.15) is 21.5 Å². The minimum Gasteiger partial charge on any atom is -0.488 e. The maximum atomic E-state index is 12.6. The van der Waals surface area contributed by atoms with Gasteiger partial charge in [-0.2, -0.15) is 5.10 Å². The summed E-state index contributed by atoms with van der Waals surface area (Å²) in [5, 5.41) is 14.7. The lowest BCUT2D eigenvalue weighted by Gasteiger charge is -2.11. The molecule has 0 radical (unpaired) electrons. The number of nitrogens with zero attached hydrogens (tertiary/aromatic N) is 2. The minimum absolute atomic E-state index is 0.0520. The lowest BCUT2D eigenvalue weighted by atomic mass is 10.2. The third-order valence-corrected chi connectivity index (χ3v) is 4.38. The van der Waals surface area contributed by atoms with E-state index in [-0.39, 0.29) is 5.69 Å². The molecule has 146 valence electrons. The Morgan fingerprint density at radius 1 is 1.10 bits per heavy atom. The van der Waals surface area contributed by atoms with Crippen molar-refractivity contribution in [2.45, 2.75) is 6.61 Å². The molecule has 1 N–H and O–H groups in total. The third kappa shape index (κ3) is 5.73. The molecule has 0 heterocycles. The summed E-state index contributed by atoms with van der Waals surface area (Å²) in [5.74, 6) is -0.0452. The summed E-state index contributed by atoms with van der Waals surface area (Å²) in [5.41, 5.74) is 4.15. The van der Waals surface area contributed by atoms with E-state index in [1.54, 1.807) is 30.3 Å². The Morgan fingerprint density at radius 2 is 1.90 bits per heavy atom. The molecule has 3 rings (SSSR count). The van der Waals surface area contributed by atoms with Crippen molar-refractivity contribution in [1.82, 2.24) is 5.43 Å². The van der Waals surface area contributed by atoms with Gasteiger partial charge >= 0.3 is 0 Å². The number of benzene rings is 3. The average Bonchev–Trinajstić information content (AvgIpc) is 2.73. The fourth-order valence-electron chi connectivity index (χ4n) is 2.49. The molecule has 0 aliphatic rings. The minimum atomic E-state index is -0.492. The van der Waals surface area contributed by atoms with Crippen LogP contribution in [0.5, 0.6) is 5.75 Å². The highest BCUT2D eigenvalue weighted by Crippen LogP contribution is 2.24. The Kier molecular flexibility index (Phi) is 6.70. The van der Waals surface area contributed by atoms with E-state index in [0.717, 1.165) is 10.0 Å². The number of nitrogens with one attached hydrogen (secondary N) is 1. The summed E-state index contributed by atoms with van der Waals surface area (Å²) >= 11 is 3.35. The maximum absolute atomic E-state index is 12.6. The molecule has 0 bridgehead atoms. The first-order chi connectivity index (χ1) is 14.0. The summed E-state index contributed by atoms with van der Waals surface area (Å²) in [6, 6.07) is 20.7. The molecule has 7 nitrogen and oxygen atoms in total. The predicted molar refractivity (Wildman–Crippen MR) is 113 cm³/mol. The van der Waals surface area contributed by atoms with E-state index in [1.165, 1.54) is 18.3 Å². The quantitative estimate of drug-likeness (QED) is 0.318. The van der Waals surface area contributed by atoms with E-state index in [9.17, 15) is 14.9 Å². The zero-order valence-corrected chi connectivity index (χ0v) is 16.7. The number of hydrogen-bond acceptors (Lipinski definition) is 5. The molecule has 0 aliphatic carbocycles. The molecular weight excluding hydrogens is 438 g/mol. The van der Waals surface area contributed by atoms with Crippen molar-refractivity contribution in [2.24, 2.45) is 5.10 Å². The van der Waals surface area contributed by atoms with Gasteiger partial charge in [-0.15, -0.1) is 0 Å². The number of hydrogen-bond donors (Lipinski definition) is 1. The standard InChI is InChI=1S/C21H16BrN3O4/c22-17-9-10-20(29-14-15-5-2-1-3-6-15)19(12-17)21(26)24-23-13-16-7-4-8-18(11-16)25(27)28/h1-13H,14H2,(H,24,26)/b23-13-. The SMILES string of the molecule is O=C(N/N=C\c1cccc([N+](=O)[O-])c1)c1cc(Br)ccc1OCc1ccccc1. The normalized spacial score (nSPS) is 10.7. The van der Waals surface area contributed by atoms with Gasteiger partial charge in [0.25, 0.3) is 11.6 Å². The highest BCUT2D eigenvalue weighted by atomic mass is 79.9. The molecule has 3 aromatic rings. The van der Waals surface area contributed by atoms with Crippen LogP contribution in [0.3, 0.4) is 0 Å². The van der Waals surface area contributed by atoms with Crippen LogP contribution < -0.4 is 10.2 Å². The second kappa shape index (κ2) is 9.61. The third-order valence-electron chi connectivity index (χ3n) is 3.88. The van der Waals surface area contributed by atoms with Gasteiger partial charge in [-0.1, -0.05) is 58.4 Å². The molecular formula is C21H16BrN3O4. The second-order valence-electron chi connectivity index (χ2n) is 5.97. The van der Waals surface area contributed by atoms with Crippen LogP contribution in [0.25, 0.3) is 0 Å². The number of non-ortho nitro benzene ring substituents is 1. The van der Waals surface area contributed by atoms with Crippen LogP contribution in [-0.4, -0.2) is 17.0 Å². The number of carbonyl (C=O) groups is 1. The summed E-state index contributed by atoms with van der Waals surface area (Å²) in [4.78, 5) is 22.9. The molecule has 0 saturated heterocycles. The lowest BCUT2D eigenvalue weighted by Crippen LogP contribution is -2.18. The first-order valence-corrected chi connectivity index (χ1v) is 9.36. The van der Waals surface area contributed by atoms with Gasteiger partial charge in [-0.25, -0.2) is 5.43 Å². The van der Waals surface area contributed by atoms with Gasteiger partial charge in [0.2, 0.25) is 0 Å². The number of ether oxygens (including phenoxy) is 1. The fraction of sp³-hybridized carbons (Fsp3) is 0.0476.